The van der Waals surface area contributed by atoms with Crippen molar-refractivity contribution in [3.05, 3.63) is 35.5 Å². The third kappa shape index (κ3) is 7.68. The fraction of sp³-hybridized carbons (Fsp3) is 0.720. The second-order valence-corrected chi connectivity index (χ2v) is 11.1. The minimum atomic E-state index is -5.58. The van der Waals surface area contributed by atoms with E-state index in [2.05, 4.69) is 24.1 Å². The Bertz CT molecular complexity index is 918. The van der Waals surface area contributed by atoms with Gasteiger partial charge >= 0.3 is 21.3 Å². The highest BCUT2D eigenvalue weighted by Gasteiger charge is 2.56. The molecule has 10 heteroatoms. The van der Waals surface area contributed by atoms with Gasteiger partial charge in [-0.1, -0.05) is 50.6 Å². The Hall–Kier alpha value is -1.62. The van der Waals surface area contributed by atoms with E-state index >= 15 is 0 Å². The average Bonchev–Trinajstić information content (AvgIpc) is 3.24. The molecule has 3 atom stereocenters. The van der Waals surface area contributed by atoms with E-state index in [4.69, 9.17) is 14.2 Å². The van der Waals surface area contributed by atoms with Gasteiger partial charge in [-0.15, -0.1) is 0 Å². The van der Waals surface area contributed by atoms with Gasteiger partial charge in [0.25, 0.3) is 0 Å². The van der Waals surface area contributed by atoms with Gasteiger partial charge in [0, 0.05) is 12.0 Å². The van der Waals surface area contributed by atoms with Crippen molar-refractivity contribution in [2.24, 2.45) is 17.8 Å². The molecule has 0 saturated carbocycles. The second kappa shape index (κ2) is 12.6. The smallest absolute Gasteiger partial charge is 0.460 e. The lowest BCUT2D eigenvalue weighted by Crippen LogP contribution is -2.42. The predicted molar refractivity (Wildman–Crippen MR) is 128 cm³/mol. The number of ether oxygens (including phenoxy) is 3. The summed E-state index contributed by atoms with van der Waals surface area (Å²) in [4.78, 5) is 12.0. The van der Waals surface area contributed by atoms with Gasteiger partial charge in [-0.3, -0.25) is 4.18 Å². The molecule has 35 heavy (non-hydrogen) atoms. The Morgan fingerprint density at radius 3 is 2.51 bits per heavy atom. The van der Waals surface area contributed by atoms with Crippen LogP contribution >= 0.6 is 0 Å². The number of esters is 1. The molecule has 0 spiro atoms. The molecule has 0 bridgehead atoms. The fourth-order valence-electron chi connectivity index (χ4n) is 4.66. The molecule has 2 aliphatic rings. The summed E-state index contributed by atoms with van der Waals surface area (Å²) in [5.74, 6) is -2.70. The number of alkyl halides is 2. The zero-order valence-electron chi connectivity index (χ0n) is 21.2. The molecule has 1 fully saturated rings. The Morgan fingerprint density at radius 2 is 1.94 bits per heavy atom. The first-order valence-electron chi connectivity index (χ1n) is 12.1. The summed E-state index contributed by atoms with van der Waals surface area (Å²) in [6.07, 6.45) is 9.81. The number of halogens is 2. The van der Waals surface area contributed by atoms with Crippen LogP contribution in [0, 0.1) is 17.8 Å². The van der Waals surface area contributed by atoms with Gasteiger partial charge < -0.3 is 14.2 Å². The van der Waals surface area contributed by atoms with Crippen molar-refractivity contribution < 1.29 is 40.4 Å². The average molecular weight is 521 g/mol. The molecule has 0 radical (unpaired) electrons. The number of carbonyl (C=O) groups is 1. The van der Waals surface area contributed by atoms with E-state index in [9.17, 15) is 22.0 Å². The highest BCUT2D eigenvalue weighted by atomic mass is 32.2. The van der Waals surface area contributed by atoms with E-state index in [1.54, 1.807) is 39.0 Å². The van der Waals surface area contributed by atoms with E-state index in [0.717, 1.165) is 12.8 Å². The van der Waals surface area contributed by atoms with Gasteiger partial charge in [-0.25, -0.2) is 4.79 Å². The van der Waals surface area contributed by atoms with E-state index < -0.39 is 33.7 Å². The maximum Gasteiger partial charge on any atom is 0.466 e. The molecular weight excluding hydrogens is 482 g/mol. The molecule has 0 aromatic heterocycles. The van der Waals surface area contributed by atoms with Crippen LogP contribution in [0.4, 0.5) is 8.78 Å². The summed E-state index contributed by atoms with van der Waals surface area (Å²) in [6, 6.07) is 0. The summed E-state index contributed by atoms with van der Waals surface area (Å²) in [5, 5.41) is -4.84. The van der Waals surface area contributed by atoms with Gasteiger partial charge in [-0.2, -0.15) is 17.2 Å². The van der Waals surface area contributed by atoms with Crippen molar-refractivity contribution in [2.45, 2.75) is 71.3 Å². The molecule has 1 heterocycles. The minimum absolute atomic E-state index is 0.162. The van der Waals surface area contributed by atoms with Crippen molar-refractivity contribution in [2.75, 3.05) is 26.4 Å². The Kier molecular flexibility index (Phi) is 10.6. The zero-order valence-corrected chi connectivity index (χ0v) is 22.0. The Labute approximate surface area is 207 Å². The first-order chi connectivity index (χ1) is 16.4. The van der Waals surface area contributed by atoms with Crippen LogP contribution in [0.1, 0.15) is 60.3 Å². The maximum atomic E-state index is 14.5. The molecule has 3 unspecified atom stereocenters. The van der Waals surface area contributed by atoms with Crippen LogP contribution in [-0.4, -0.2) is 51.9 Å². The lowest BCUT2D eigenvalue weighted by atomic mass is 9.81. The van der Waals surface area contributed by atoms with E-state index in [0.29, 0.717) is 23.8 Å². The van der Waals surface area contributed by atoms with Crippen LogP contribution in [0.15, 0.2) is 35.5 Å². The summed E-state index contributed by atoms with van der Waals surface area (Å²) >= 11 is 0. The number of rotatable bonds is 12. The zero-order chi connectivity index (χ0) is 26.3. The first kappa shape index (κ1) is 29.6. The van der Waals surface area contributed by atoms with Gasteiger partial charge in [0.2, 0.25) is 0 Å². The molecule has 200 valence electrons. The molecule has 0 aromatic rings. The number of allylic oxidation sites excluding steroid dienone is 4. The number of hydrogen-bond donors (Lipinski definition) is 0. The van der Waals surface area contributed by atoms with Crippen molar-refractivity contribution in [3.8, 4) is 0 Å². The summed E-state index contributed by atoms with van der Waals surface area (Å²) in [6.45, 7) is 9.12. The lowest BCUT2D eigenvalue weighted by Gasteiger charge is -2.28. The van der Waals surface area contributed by atoms with Crippen LogP contribution in [0.5, 0.6) is 0 Å². The largest absolute Gasteiger partial charge is 0.466 e. The van der Waals surface area contributed by atoms with Crippen LogP contribution in [0.3, 0.4) is 0 Å². The Morgan fingerprint density at radius 1 is 1.29 bits per heavy atom. The fourth-order valence-corrected chi connectivity index (χ4v) is 5.37. The van der Waals surface area contributed by atoms with Gasteiger partial charge in [0.1, 0.15) is 0 Å². The quantitative estimate of drug-likeness (QED) is 0.152. The molecule has 0 aromatic carbocycles. The topological polar surface area (TPSA) is 88.1 Å². The summed E-state index contributed by atoms with van der Waals surface area (Å²) in [5.41, 5.74) is 1.81. The lowest BCUT2D eigenvalue weighted by molar-refractivity contribution is -0.163. The highest BCUT2D eigenvalue weighted by Crippen LogP contribution is 2.34. The maximum absolute atomic E-state index is 14.5. The van der Waals surface area contributed by atoms with Gasteiger partial charge in [-0.05, 0) is 50.9 Å². The van der Waals surface area contributed by atoms with Gasteiger partial charge in [0.05, 0.1) is 26.4 Å². The SMILES string of the molecule is CC=CC(=CC)C1(CCOS(=O)(=O)C(F)(F)C(=O)OCC(C)CC2=CC(C)CC(C)C2)OCCO1. The van der Waals surface area contributed by atoms with Crippen molar-refractivity contribution >= 4 is 16.1 Å². The van der Waals surface area contributed by atoms with Crippen molar-refractivity contribution in [1.29, 1.82) is 0 Å². The molecule has 1 saturated heterocycles. The van der Waals surface area contributed by atoms with Crippen LogP contribution in [-0.2, 0) is 33.3 Å². The highest BCUT2D eigenvalue weighted by molar-refractivity contribution is 7.88. The summed E-state index contributed by atoms with van der Waals surface area (Å²) in [7, 11) is -5.58. The van der Waals surface area contributed by atoms with Crippen molar-refractivity contribution in [1.82, 2.24) is 0 Å². The summed E-state index contributed by atoms with van der Waals surface area (Å²) < 4.78 is 73.8. The predicted octanol–water partition coefficient (Wildman–Crippen LogP) is 5.14. The van der Waals surface area contributed by atoms with Crippen molar-refractivity contribution in [3.63, 3.8) is 0 Å². The standard InChI is InChI=1S/C25H38F2O7S/c1-6-8-22(7-2)24(32-11-12-33-24)9-10-34-35(29,30)25(26,27)23(28)31-17-20(5)16-21-14-18(3)13-19(4)15-21/h6-8,14,18-20H,9-13,15-17H2,1-5H3. The first-order valence-corrected chi connectivity index (χ1v) is 13.5. The number of hydrogen-bond acceptors (Lipinski definition) is 7. The van der Waals surface area contributed by atoms with E-state index in [-0.39, 0.29) is 32.2 Å². The molecule has 1 aliphatic carbocycles. The normalized spacial score (nSPS) is 24.4. The van der Waals surface area contributed by atoms with E-state index in [1.165, 1.54) is 5.57 Å². The Balaban J connectivity index is 1.93. The molecule has 0 amide bonds. The minimum Gasteiger partial charge on any atom is -0.460 e. The third-order valence-electron chi connectivity index (χ3n) is 6.09. The van der Waals surface area contributed by atoms with Crippen LogP contribution in [0.2, 0.25) is 0 Å². The monoisotopic (exact) mass is 520 g/mol. The molecular formula is C25H38F2O7S. The number of carbonyl (C=O) groups excluding carboxylic acids is 1. The van der Waals surface area contributed by atoms with Crippen LogP contribution in [0.25, 0.3) is 0 Å². The van der Waals surface area contributed by atoms with Gasteiger partial charge in [0.15, 0.2) is 5.79 Å². The molecule has 2 rings (SSSR count). The molecule has 7 nitrogen and oxygen atoms in total. The second-order valence-electron chi connectivity index (χ2n) is 9.49. The molecule has 1 aliphatic heterocycles. The van der Waals surface area contributed by atoms with Crippen LogP contribution < -0.4 is 0 Å². The third-order valence-corrected chi connectivity index (χ3v) is 7.36. The van der Waals surface area contributed by atoms with E-state index in [1.807, 2.05) is 0 Å². The molecule has 0 N–H and O–H groups in total.